The van der Waals surface area contributed by atoms with E-state index in [4.69, 9.17) is 4.74 Å². The Morgan fingerprint density at radius 3 is 2.19 bits per heavy atom. The summed E-state index contributed by atoms with van der Waals surface area (Å²) < 4.78 is 32.1. The highest BCUT2D eigenvalue weighted by Gasteiger charge is 2.42. The van der Waals surface area contributed by atoms with Crippen LogP contribution in [0.4, 0.5) is 13.6 Å². The standard InChI is InChI=1S/C24H27F2N3O3/c1-28(24(31)32-20-8-6-19(26)7-9-20)22-15-29(23(30)17-10-12-27-13-11-17)14-21(22)16-2-4-18(25)5-3-16/h2-9,17,21-22,27H,10-15H2,1H3. The number of carbonyl (C=O) groups excluding carboxylic acids is 2. The molecule has 0 radical (unpaired) electrons. The van der Waals surface area contributed by atoms with E-state index in [1.807, 2.05) is 4.90 Å². The number of nitrogens with one attached hydrogen (secondary N) is 1. The second kappa shape index (κ2) is 9.65. The summed E-state index contributed by atoms with van der Waals surface area (Å²) >= 11 is 0. The Kier molecular flexibility index (Phi) is 6.69. The van der Waals surface area contributed by atoms with Gasteiger partial charge in [0.15, 0.2) is 0 Å². The summed E-state index contributed by atoms with van der Waals surface area (Å²) in [6.45, 7) is 2.46. The van der Waals surface area contributed by atoms with Crippen LogP contribution in [0.2, 0.25) is 0 Å². The topological polar surface area (TPSA) is 61.9 Å². The van der Waals surface area contributed by atoms with E-state index in [-0.39, 0.29) is 35.4 Å². The second-order valence-corrected chi connectivity index (χ2v) is 8.43. The molecule has 0 aliphatic carbocycles. The van der Waals surface area contributed by atoms with Crippen molar-refractivity contribution in [2.75, 3.05) is 33.2 Å². The van der Waals surface area contributed by atoms with Gasteiger partial charge in [-0.15, -0.1) is 0 Å². The van der Waals surface area contributed by atoms with Crippen LogP contribution in [0.3, 0.4) is 0 Å². The number of halogens is 2. The maximum Gasteiger partial charge on any atom is 0.415 e. The third-order valence-corrected chi connectivity index (χ3v) is 6.39. The maximum absolute atomic E-state index is 13.5. The van der Waals surface area contributed by atoms with Gasteiger partial charge in [-0.1, -0.05) is 12.1 Å². The smallest absolute Gasteiger partial charge is 0.410 e. The number of nitrogens with zero attached hydrogens (tertiary/aromatic N) is 2. The Hall–Kier alpha value is -3.00. The molecule has 1 N–H and O–H groups in total. The van der Waals surface area contributed by atoms with Gasteiger partial charge >= 0.3 is 6.09 Å². The number of carbonyl (C=O) groups is 2. The van der Waals surface area contributed by atoms with Gasteiger partial charge in [-0.05, 0) is 67.9 Å². The zero-order valence-corrected chi connectivity index (χ0v) is 18.0. The van der Waals surface area contributed by atoms with Crippen LogP contribution < -0.4 is 10.1 Å². The van der Waals surface area contributed by atoms with Crippen molar-refractivity contribution in [3.05, 3.63) is 65.7 Å². The van der Waals surface area contributed by atoms with E-state index in [0.717, 1.165) is 31.5 Å². The fourth-order valence-electron chi connectivity index (χ4n) is 4.53. The number of piperidine rings is 1. The van der Waals surface area contributed by atoms with Crippen LogP contribution in [0.15, 0.2) is 48.5 Å². The summed E-state index contributed by atoms with van der Waals surface area (Å²) in [7, 11) is 1.63. The zero-order valence-electron chi connectivity index (χ0n) is 18.0. The van der Waals surface area contributed by atoms with Gasteiger partial charge in [-0.3, -0.25) is 4.79 Å². The largest absolute Gasteiger partial charge is 0.415 e. The Balaban J connectivity index is 1.53. The molecule has 2 aromatic carbocycles. The van der Waals surface area contributed by atoms with E-state index < -0.39 is 11.9 Å². The summed E-state index contributed by atoms with van der Waals surface area (Å²) in [5.74, 6) is -0.622. The Labute approximate surface area is 186 Å². The number of likely N-dealkylation sites (tertiary alicyclic amines) is 1. The first-order chi connectivity index (χ1) is 15.4. The number of ether oxygens (including phenoxy) is 1. The molecule has 2 heterocycles. The van der Waals surface area contributed by atoms with Crippen molar-refractivity contribution in [1.29, 1.82) is 0 Å². The van der Waals surface area contributed by atoms with Crippen molar-refractivity contribution >= 4 is 12.0 Å². The molecule has 2 saturated heterocycles. The van der Waals surface area contributed by atoms with Crippen LogP contribution in [0.5, 0.6) is 5.75 Å². The maximum atomic E-state index is 13.5. The van der Waals surface area contributed by atoms with Crippen LogP contribution in [0, 0.1) is 17.6 Å². The quantitative estimate of drug-likeness (QED) is 0.787. The SMILES string of the molecule is CN(C(=O)Oc1ccc(F)cc1)C1CN(C(=O)C2CCNCC2)CC1c1ccc(F)cc1. The Morgan fingerprint density at radius 1 is 0.969 bits per heavy atom. The summed E-state index contributed by atoms with van der Waals surface area (Å²) in [4.78, 5) is 29.3. The molecular formula is C24H27F2N3O3. The van der Waals surface area contributed by atoms with E-state index >= 15 is 0 Å². The summed E-state index contributed by atoms with van der Waals surface area (Å²) in [5.41, 5.74) is 0.860. The van der Waals surface area contributed by atoms with E-state index in [2.05, 4.69) is 5.32 Å². The molecule has 0 aromatic heterocycles. The average molecular weight is 443 g/mol. The normalized spacial score (nSPS) is 21.4. The molecule has 8 heteroatoms. The van der Waals surface area contributed by atoms with Gasteiger partial charge in [0.1, 0.15) is 17.4 Å². The molecule has 2 aliphatic rings. The lowest BCUT2D eigenvalue weighted by Crippen LogP contribution is -2.44. The molecule has 0 spiro atoms. The minimum atomic E-state index is -0.593. The Morgan fingerprint density at radius 2 is 1.56 bits per heavy atom. The molecule has 0 saturated carbocycles. The molecule has 6 nitrogen and oxygen atoms in total. The number of hydrogen-bond acceptors (Lipinski definition) is 4. The van der Waals surface area contributed by atoms with Gasteiger partial charge in [0.05, 0.1) is 6.04 Å². The molecule has 4 rings (SSSR count). The third kappa shape index (κ3) is 4.91. The first-order valence-electron chi connectivity index (χ1n) is 10.9. The van der Waals surface area contributed by atoms with Gasteiger partial charge < -0.3 is 19.9 Å². The van der Waals surface area contributed by atoms with Crippen LogP contribution in [0.25, 0.3) is 0 Å². The van der Waals surface area contributed by atoms with Crippen molar-refractivity contribution in [1.82, 2.24) is 15.1 Å². The molecule has 2 aromatic rings. The van der Waals surface area contributed by atoms with Crippen molar-refractivity contribution in [2.45, 2.75) is 24.8 Å². The molecule has 2 fully saturated rings. The summed E-state index contributed by atoms with van der Waals surface area (Å²) in [6, 6.07) is 11.1. The van der Waals surface area contributed by atoms with Gasteiger partial charge in [0.2, 0.25) is 5.91 Å². The third-order valence-electron chi connectivity index (χ3n) is 6.39. The van der Waals surface area contributed by atoms with Crippen LogP contribution in [-0.4, -0.2) is 61.1 Å². The molecular weight excluding hydrogens is 416 g/mol. The van der Waals surface area contributed by atoms with Gasteiger partial charge in [-0.2, -0.15) is 0 Å². The van der Waals surface area contributed by atoms with E-state index in [9.17, 15) is 18.4 Å². The highest BCUT2D eigenvalue weighted by Crippen LogP contribution is 2.33. The molecule has 2 atom stereocenters. The fourth-order valence-corrected chi connectivity index (χ4v) is 4.53. The summed E-state index contributed by atoms with van der Waals surface area (Å²) in [6.07, 6.45) is 0.998. The van der Waals surface area contributed by atoms with Crippen molar-refractivity contribution < 1.29 is 23.1 Å². The molecule has 2 aliphatic heterocycles. The second-order valence-electron chi connectivity index (χ2n) is 8.43. The predicted octanol–water partition coefficient (Wildman–Crippen LogP) is 3.39. The lowest BCUT2D eigenvalue weighted by molar-refractivity contribution is -0.135. The molecule has 0 bridgehead atoms. The number of rotatable bonds is 4. The first kappa shape index (κ1) is 22.2. The van der Waals surface area contributed by atoms with Crippen molar-refractivity contribution in [3.63, 3.8) is 0 Å². The number of hydrogen-bond donors (Lipinski definition) is 1. The van der Waals surface area contributed by atoms with E-state index in [1.54, 1.807) is 19.2 Å². The lowest BCUT2D eigenvalue weighted by atomic mass is 9.93. The van der Waals surface area contributed by atoms with E-state index in [1.165, 1.54) is 41.3 Å². The van der Waals surface area contributed by atoms with Crippen LogP contribution in [-0.2, 0) is 4.79 Å². The molecule has 2 unspecified atom stereocenters. The zero-order chi connectivity index (χ0) is 22.7. The van der Waals surface area contributed by atoms with E-state index in [0.29, 0.717) is 13.1 Å². The molecule has 32 heavy (non-hydrogen) atoms. The van der Waals surface area contributed by atoms with Crippen LogP contribution >= 0.6 is 0 Å². The number of benzene rings is 2. The monoisotopic (exact) mass is 443 g/mol. The number of amides is 2. The highest BCUT2D eigenvalue weighted by atomic mass is 19.1. The molecule has 2 amide bonds. The van der Waals surface area contributed by atoms with Crippen LogP contribution in [0.1, 0.15) is 24.3 Å². The minimum absolute atomic E-state index is 0.0275. The average Bonchev–Trinajstić information content (AvgIpc) is 3.26. The Bertz CT molecular complexity index is 946. The molecule has 170 valence electrons. The van der Waals surface area contributed by atoms with Gasteiger partial charge in [0, 0.05) is 32.0 Å². The summed E-state index contributed by atoms with van der Waals surface area (Å²) in [5, 5.41) is 3.27. The lowest BCUT2D eigenvalue weighted by Gasteiger charge is -2.29. The van der Waals surface area contributed by atoms with Gasteiger partial charge in [0.25, 0.3) is 0 Å². The van der Waals surface area contributed by atoms with Crippen molar-refractivity contribution in [3.8, 4) is 5.75 Å². The van der Waals surface area contributed by atoms with Crippen molar-refractivity contribution in [2.24, 2.45) is 5.92 Å². The minimum Gasteiger partial charge on any atom is -0.410 e. The van der Waals surface area contributed by atoms with Gasteiger partial charge in [-0.25, -0.2) is 13.6 Å². The highest BCUT2D eigenvalue weighted by molar-refractivity contribution is 5.80. The first-order valence-corrected chi connectivity index (χ1v) is 10.9. The predicted molar refractivity (Wildman–Crippen MR) is 115 cm³/mol. The fraction of sp³-hybridized carbons (Fsp3) is 0.417. The number of likely N-dealkylation sites (N-methyl/N-ethyl adjacent to an activating group) is 1.